The first kappa shape index (κ1) is 11.5. The molecule has 0 aromatic heterocycles. The summed E-state index contributed by atoms with van der Waals surface area (Å²) in [5, 5.41) is 0. The molecule has 0 atom stereocenters. The van der Waals surface area contributed by atoms with Crippen molar-refractivity contribution < 1.29 is 19.1 Å². The molecule has 1 rings (SSSR count). The molecule has 0 aliphatic rings. The number of carbonyl (C=O) groups is 2. The van der Waals surface area contributed by atoms with Crippen LogP contribution >= 0.6 is 11.6 Å². The van der Waals surface area contributed by atoms with E-state index in [2.05, 4.69) is 4.74 Å². The van der Waals surface area contributed by atoms with Gasteiger partial charge in [-0.1, -0.05) is 12.1 Å². The van der Waals surface area contributed by atoms with Crippen molar-refractivity contribution in [2.45, 2.75) is 13.5 Å². The molecule has 5 heteroatoms. The van der Waals surface area contributed by atoms with Crippen LogP contribution in [-0.4, -0.2) is 11.4 Å². The second kappa shape index (κ2) is 5.36. The summed E-state index contributed by atoms with van der Waals surface area (Å²) >= 11 is 5.05. The number of rotatable bonds is 3. The Morgan fingerprint density at radius 1 is 1.40 bits per heavy atom. The van der Waals surface area contributed by atoms with E-state index in [4.69, 9.17) is 16.3 Å². The summed E-state index contributed by atoms with van der Waals surface area (Å²) < 4.78 is 9.42. The zero-order valence-corrected chi connectivity index (χ0v) is 8.78. The minimum absolute atomic E-state index is 0.142. The Bertz CT molecular complexity index is 375. The molecular formula is C10H9ClO4. The maximum atomic E-state index is 10.6. The number of carbonyl (C=O) groups excluding carboxylic acids is 2. The molecule has 0 amide bonds. The third-order valence-electron chi connectivity index (χ3n) is 1.54. The average Bonchev–Trinajstić information content (AvgIpc) is 2.14. The standard InChI is InChI=1S/C10H9ClO4/c1-7(12)14-6-8-3-2-4-9(5-8)15-10(11)13/h2-5H,6H2,1H3. The molecule has 0 fully saturated rings. The molecule has 0 unspecified atom stereocenters. The maximum absolute atomic E-state index is 10.6. The van der Waals surface area contributed by atoms with Crippen molar-refractivity contribution in [2.24, 2.45) is 0 Å². The van der Waals surface area contributed by atoms with Crippen LogP contribution in [0.4, 0.5) is 4.79 Å². The quantitative estimate of drug-likeness (QED) is 0.589. The van der Waals surface area contributed by atoms with Gasteiger partial charge in [0.2, 0.25) is 0 Å². The van der Waals surface area contributed by atoms with Gasteiger partial charge in [0.15, 0.2) is 0 Å². The van der Waals surface area contributed by atoms with Crippen LogP contribution in [0.5, 0.6) is 5.75 Å². The minimum atomic E-state index is -0.903. The van der Waals surface area contributed by atoms with Crippen LogP contribution in [0.15, 0.2) is 24.3 Å². The second-order valence-electron chi connectivity index (χ2n) is 2.77. The van der Waals surface area contributed by atoms with Crippen molar-refractivity contribution in [3.05, 3.63) is 29.8 Å². The lowest BCUT2D eigenvalue weighted by Crippen LogP contribution is -2.00. The van der Waals surface area contributed by atoms with Crippen LogP contribution in [0.25, 0.3) is 0 Å². The van der Waals surface area contributed by atoms with Gasteiger partial charge in [-0.2, -0.15) is 0 Å². The molecule has 80 valence electrons. The average molecular weight is 229 g/mol. The fourth-order valence-corrected chi connectivity index (χ4v) is 1.07. The van der Waals surface area contributed by atoms with Gasteiger partial charge in [-0.25, -0.2) is 4.79 Å². The fourth-order valence-electron chi connectivity index (χ4n) is 0.976. The molecule has 0 N–H and O–H groups in total. The first-order chi connectivity index (χ1) is 7.08. The van der Waals surface area contributed by atoms with E-state index >= 15 is 0 Å². The summed E-state index contributed by atoms with van der Waals surface area (Å²) in [6.45, 7) is 1.46. The Hall–Kier alpha value is -1.55. The second-order valence-corrected chi connectivity index (χ2v) is 3.08. The highest BCUT2D eigenvalue weighted by Crippen LogP contribution is 2.15. The smallest absolute Gasteiger partial charge is 0.409 e. The number of halogens is 1. The van der Waals surface area contributed by atoms with Crippen LogP contribution < -0.4 is 4.74 Å². The summed E-state index contributed by atoms with van der Waals surface area (Å²) in [6.07, 6.45) is 0. The predicted octanol–water partition coefficient (Wildman–Crippen LogP) is 2.49. The van der Waals surface area contributed by atoms with Crippen molar-refractivity contribution in [2.75, 3.05) is 0 Å². The fraction of sp³-hybridized carbons (Fsp3) is 0.200. The van der Waals surface area contributed by atoms with E-state index in [-0.39, 0.29) is 12.6 Å². The van der Waals surface area contributed by atoms with Gasteiger partial charge >= 0.3 is 11.4 Å². The van der Waals surface area contributed by atoms with Crippen LogP contribution in [0.2, 0.25) is 0 Å². The summed E-state index contributed by atoms with van der Waals surface area (Å²) in [5.41, 5.74) is -0.180. The Morgan fingerprint density at radius 2 is 2.13 bits per heavy atom. The highest BCUT2D eigenvalue weighted by Gasteiger charge is 2.02. The molecular weight excluding hydrogens is 220 g/mol. The van der Waals surface area contributed by atoms with Gasteiger partial charge in [0.25, 0.3) is 0 Å². The molecule has 15 heavy (non-hydrogen) atoms. The van der Waals surface area contributed by atoms with E-state index in [1.165, 1.54) is 6.92 Å². The lowest BCUT2D eigenvalue weighted by molar-refractivity contribution is -0.142. The number of ether oxygens (including phenoxy) is 2. The van der Waals surface area contributed by atoms with Crippen molar-refractivity contribution >= 4 is 23.0 Å². The number of hydrogen-bond donors (Lipinski definition) is 0. The molecule has 0 aliphatic carbocycles. The molecule has 0 saturated heterocycles. The third-order valence-corrected chi connectivity index (χ3v) is 1.62. The van der Waals surface area contributed by atoms with Crippen molar-refractivity contribution in [1.29, 1.82) is 0 Å². The monoisotopic (exact) mass is 228 g/mol. The van der Waals surface area contributed by atoms with Gasteiger partial charge in [-0.05, 0) is 17.7 Å². The Balaban J connectivity index is 2.65. The Morgan fingerprint density at radius 3 is 2.73 bits per heavy atom. The van der Waals surface area contributed by atoms with Crippen molar-refractivity contribution in [1.82, 2.24) is 0 Å². The van der Waals surface area contributed by atoms with Crippen LogP contribution in [0.3, 0.4) is 0 Å². The first-order valence-electron chi connectivity index (χ1n) is 4.17. The molecule has 0 spiro atoms. The normalized spacial score (nSPS) is 9.47. The minimum Gasteiger partial charge on any atom is -0.461 e. The van der Waals surface area contributed by atoms with E-state index in [0.29, 0.717) is 5.75 Å². The van der Waals surface area contributed by atoms with Crippen molar-refractivity contribution in [3.8, 4) is 5.75 Å². The van der Waals surface area contributed by atoms with Gasteiger partial charge in [0.1, 0.15) is 12.4 Å². The zero-order valence-electron chi connectivity index (χ0n) is 8.03. The molecule has 0 saturated carbocycles. The van der Waals surface area contributed by atoms with E-state index < -0.39 is 5.43 Å². The molecule has 0 bridgehead atoms. The van der Waals surface area contributed by atoms with Gasteiger partial charge in [-0.3, -0.25) is 4.79 Å². The zero-order chi connectivity index (χ0) is 11.3. The lowest BCUT2D eigenvalue weighted by Gasteiger charge is -2.04. The summed E-state index contributed by atoms with van der Waals surface area (Å²) in [6, 6.07) is 6.57. The molecule has 0 heterocycles. The molecule has 1 aromatic carbocycles. The van der Waals surface area contributed by atoms with Crippen LogP contribution in [-0.2, 0) is 16.1 Å². The van der Waals surface area contributed by atoms with Gasteiger partial charge in [0.05, 0.1) is 0 Å². The van der Waals surface area contributed by atoms with Gasteiger partial charge < -0.3 is 9.47 Å². The number of hydrogen-bond acceptors (Lipinski definition) is 4. The van der Waals surface area contributed by atoms with Gasteiger partial charge in [-0.15, -0.1) is 0 Å². The molecule has 4 nitrogen and oxygen atoms in total. The van der Waals surface area contributed by atoms with E-state index in [0.717, 1.165) is 5.56 Å². The number of esters is 1. The van der Waals surface area contributed by atoms with E-state index in [1.54, 1.807) is 24.3 Å². The van der Waals surface area contributed by atoms with Crippen molar-refractivity contribution in [3.63, 3.8) is 0 Å². The molecule has 0 aliphatic heterocycles. The van der Waals surface area contributed by atoms with Crippen LogP contribution in [0, 0.1) is 0 Å². The predicted molar refractivity (Wildman–Crippen MR) is 53.8 cm³/mol. The summed E-state index contributed by atoms with van der Waals surface area (Å²) in [4.78, 5) is 21.0. The molecule has 0 radical (unpaired) electrons. The summed E-state index contributed by atoms with van der Waals surface area (Å²) in [5.74, 6) is -0.0469. The van der Waals surface area contributed by atoms with Gasteiger partial charge in [0, 0.05) is 18.5 Å². The summed E-state index contributed by atoms with van der Waals surface area (Å²) in [7, 11) is 0. The first-order valence-corrected chi connectivity index (χ1v) is 4.55. The Labute approximate surface area is 91.7 Å². The largest absolute Gasteiger partial charge is 0.461 e. The Kier molecular flexibility index (Phi) is 4.12. The van der Waals surface area contributed by atoms with E-state index in [9.17, 15) is 9.59 Å². The topological polar surface area (TPSA) is 52.6 Å². The maximum Gasteiger partial charge on any atom is 0.409 e. The highest BCUT2D eigenvalue weighted by atomic mass is 35.5. The molecule has 1 aromatic rings. The third kappa shape index (κ3) is 4.46. The van der Waals surface area contributed by atoms with Crippen LogP contribution in [0.1, 0.15) is 12.5 Å². The number of benzene rings is 1. The SMILES string of the molecule is CC(=O)OCc1cccc(OC(=O)Cl)c1. The van der Waals surface area contributed by atoms with E-state index in [1.807, 2.05) is 0 Å². The lowest BCUT2D eigenvalue weighted by atomic mass is 10.2. The highest BCUT2D eigenvalue weighted by molar-refractivity contribution is 6.61.